The van der Waals surface area contributed by atoms with Gasteiger partial charge in [0, 0.05) is 19.7 Å². The van der Waals surface area contributed by atoms with Crippen LogP contribution in [-0.4, -0.2) is 51.4 Å². The summed E-state index contributed by atoms with van der Waals surface area (Å²) >= 11 is -6.93. The summed E-state index contributed by atoms with van der Waals surface area (Å²) in [5.41, 5.74) is 14.7. The summed E-state index contributed by atoms with van der Waals surface area (Å²) in [5.74, 6) is 0. The predicted molar refractivity (Wildman–Crippen MR) is 89.2 cm³/mol. The summed E-state index contributed by atoms with van der Waals surface area (Å²) in [6.45, 7) is 0. The topological polar surface area (TPSA) is 368 Å². The van der Waals surface area contributed by atoms with Crippen molar-refractivity contribution in [2.45, 2.75) is 18.6 Å². The Labute approximate surface area is 177 Å². The molecule has 176 valence electrons. The highest BCUT2D eigenvalue weighted by Crippen LogP contribution is 2.52. The summed E-state index contributed by atoms with van der Waals surface area (Å²) < 4.78 is -14.3. The van der Waals surface area contributed by atoms with Crippen LogP contribution in [0.5, 0.6) is 0 Å². The second-order valence-corrected chi connectivity index (χ2v) is 11.5. The molecule has 0 radical (unpaired) electrons. The lowest BCUT2D eigenvalue weighted by Crippen LogP contribution is -3.02. The Hall–Kier alpha value is -4.43. The molecule has 0 aromatic heterocycles. The number of hydrogen-bond acceptors (Lipinski definition) is 24. The van der Waals surface area contributed by atoms with E-state index in [1.165, 1.54) is 0 Å². The van der Waals surface area contributed by atoms with Crippen molar-refractivity contribution < 1.29 is 19.7 Å². The fourth-order valence-corrected chi connectivity index (χ4v) is 11.0. The van der Waals surface area contributed by atoms with Gasteiger partial charge in [0.25, 0.3) is 18.6 Å². The van der Waals surface area contributed by atoms with Crippen molar-refractivity contribution in [1.29, 1.82) is 0 Å². The number of hydrazine groups is 4. The van der Waals surface area contributed by atoms with Gasteiger partial charge in [-0.3, -0.25) is 40.5 Å². The molecule has 4 rings (SSSR count). The summed E-state index contributed by atoms with van der Waals surface area (Å²) in [5, 5.41) is 75.8. The third kappa shape index (κ3) is 2.15. The molecule has 33 heavy (non-hydrogen) atoms. The summed E-state index contributed by atoms with van der Waals surface area (Å²) in [4.78, 5) is 44.3. The number of nitrogens with one attached hydrogen (secondary N) is 8. The first-order valence-electron chi connectivity index (χ1n) is 8.10. The molecular formula is C4H8AlN20O8-. The lowest BCUT2D eigenvalue weighted by molar-refractivity contribution is -0.619. The van der Waals surface area contributed by atoms with Gasteiger partial charge in [0.05, 0.1) is 0 Å². The Morgan fingerprint density at radius 2 is 0.697 bits per heavy atom. The third-order valence-corrected chi connectivity index (χ3v) is 12.2. The van der Waals surface area contributed by atoms with E-state index in [1.807, 2.05) is 43.8 Å². The fourth-order valence-electron chi connectivity index (χ4n) is 4.36. The molecule has 4 atom stereocenters. The molecule has 4 aliphatic rings. The van der Waals surface area contributed by atoms with E-state index >= 15 is 0 Å². The summed E-state index contributed by atoms with van der Waals surface area (Å²) in [6, 6.07) is 0. The number of nitro groups is 4. The fraction of sp³-hybridized carbons (Fsp3) is 1.00. The highest BCUT2D eigenvalue weighted by atomic mass is 27.2. The van der Waals surface area contributed by atoms with E-state index in [2.05, 4.69) is 41.4 Å². The Kier molecular flexibility index (Phi) is 4.48. The van der Waals surface area contributed by atoms with Gasteiger partial charge in [-0.2, -0.15) is 21.7 Å². The van der Waals surface area contributed by atoms with Crippen molar-refractivity contribution in [2.75, 3.05) is 0 Å². The molecule has 0 spiro atoms. The molecule has 0 fully saturated rings. The van der Waals surface area contributed by atoms with Crippen LogP contribution in [0.1, 0.15) is 0 Å². The van der Waals surface area contributed by atoms with Crippen LogP contribution < -0.4 is 43.8 Å². The molecule has 4 heterocycles. The average Bonchev–Trinajstić information content (AvgIpc) is 3.56. The zero-order valence-corrected chi connectivity index (χ0v) is 16.4. The predicted octanol–water partition coefficient (Wildman–Crippen LogP) is -4.79. The maximum absolute atomic E-state index is 12.5. The first-order valence-corrected chi connectivity index (χ1v) is 10.4. The van der Waals surface area contributed by atoms with Gasteiger partial charge in [-0.1, -0.05) is 20.9 Å². The van der Waals surface area contributed by atoms with Crippen molar-refractivity contribution in [3.05, 3.63) is 40.5 Å². The maximum Gasteiger partial charge on any atom is 0.773 e. The molecule has 4 unspecified atom stereocenters. The summed E-state index contributed by atoms with van der Waals surface area (Å²) in [7, 11) is 0. The molecule has 0 aliphatic carbocycles. The van der Waals surface area contributed by atoms with E-state index in [9.17, 15) is 40.5 Å². The lowest BCUT2D eigenvalue weighted by atomic mass is 10.8. The quantitative estimate of drug-likeness (QED) is 0.0896. The smallest absolute Gasteiger partial charge is 0.265 e. The number of nitrogens with zero attached hydrogens (tertiary/aromatic N) is 12. The van der Waals surface area contributed by atoms with Gasteiger partial charge in [-0.25, -0.2) is 22.1 Å². The van der Waals surface area contributed by atoms with Crippen LogP contribution >= 0.6 is 0 Å². The van der Waals surface area contributed by atoms with Gasteiger partial charge in [-0.15, -0.1) is 20.5 Å². The minimum absolute atomic E-state index is 1.41. The Morgan fingerprint density at radius 1 is 0.485 bits per heavy atom. The van der Waals surface area contributed by atoms with Crippen LogP contribution in [-0.2, 0) is 0 Å². The number of hydrogen-bond donors (Lipinski definition) is 8. The van der Waals surface area contributed by atoms with Gasteiger partial charge < -0.3 is 0 Å². The monoisotopic (exact) mass is 491 g/mol. The first-order chi connectivity index (χ1) is 15.6. The Morgan fingerprint density at radius 3 is 0.818 bits per heavy atom. The van der Waals surface area contributed by atoms with E-state index in [1.54, 1.807) is 0 Å². The molecule has 0 saturated carbocycles. The van der Waals surface area contributed by atoms with Crippen LogP contribution in [0.25, 0.3) is 0 Å². The molecule has 0 saturated heterocycles. The first kappa shape index (κ1) is 21.8. The zero-order valence-electron chi connectivity index (χ0n) is 15.2. The van der Waals surface area contributed by atoms with Crippen molar-refractivity contribution in [1.82, 2.24) is 43.8 Å². The van der Waals surface area contributed by atoms with Crippen molar-refractivity contribution >= 4 is 13.1 Å². The second kappa shape index (κ2) is 6.78. The zero-order chi connectivity index (χ0) is 24.1. The molecule has 29 heteroatoms. The van der Waals surface area contributed by atoms with E-state index < -0.39 is 51.4 Å². The average molecular weight is 491 g/mol. The van der Waals surface area contributed by atoms with Crippen molar-refractivity contribution in [3.8, 4) is 0 Å². The molecule has 0 amide bonds. The minimum atomic E-state index is -6.93. The standard InChI is InChI=1S/4CH2N5O2.Al/c4*7-6(8)1-2-4-5-3-1;/h4*(H,2,5)(H,3,4);/q;;;;-1. The Balaban J connectivity index is 2.33. The highest BCUT2D eigenvalue weighted by Gasteiger charge is 3.09. The molecular weight excluding hydrogens is 483 g/mol. The SMILES string of the molecule is O=[N+]([O-])[C]1([Al-]([C]2([N+](=O)[O-])N=NNN2)([C]2([N+](=O)[O-])N=NNN2)[C]2([N+](=O)[O-])N=NNN2)N=NNN1. The van der Waals surface area contributed by atoms with Crippen LogP contribution in [0, 0.1) is 40.5 Å². The van der Waals surface area contributed by atoms with E-state index in [-0.39, 0.29) is 0 Å². The van der Waals surface area contributed by atoms with Gasteiger partial charge in [0.15, 0.2) is 0 Å². The molecule has 8 N–H and O–H groups in total. The van der Waals surface area contributed by atoms with Gasteiger partial charge in [-0.05, 0) is 0 Å². The van der Waals surface area contributed by atoms with Gasteiger partial charge in [0.1, 0.15) is 0 Å². The molecule has 0 aromatic carbocycles. The number of rotatable bonds is 8. The second-order valence-electron chi connectivity index (χ2n) is 6.55. The van der Waals surface area contributed by atoms with Crippen LogP contribution in [0.3, 0.4) is 0 Å². The van der Waals surface area contributed by atoms with Crippen LogP contribution in [0.4, 0.5) is 0 Å². The van der Waals surface area contributed by atoms with Crippen LogP contribution in [0.15, 0.2) is 41.4 Å². The van der Waals surface area contributed by atoms with E-state index in [4.69, 9.17) is 0 Å². The maximum atomic E-state index is 12.5. The lowest BCUT2D eigenvalue weighted by Gasteiger charge is -2.47. The normalized spacial score (nSPS) is 37.6. The van der Waals surface area contributed by atoms with E-state index in [0.717, 1.165) is 0 Å². The molecule has 4 aliphatic heterocycles. The molecule has 0 aromatic rings. The minimum Gasteiger partial charge on any atom is -0.265 e. The highest BCUT2D eigenvalue weighted by molar-refractivity contribution is 6.89. The van der Waals surface area contributed by atoms with E-state index in [0.29, 0.717) is 0 Å². The molecule has 0 bridgehead atoms. The largest absolute Gasteiger partial charge is 0.773 e. The third-order valence-electron chi connectivity index (χ3n) is 5.50. The van der Waals surface area contributed by atoms with Gasteiger partial charge >= 0.3 is 13.1 Å². The molecule has 28 nitrogen and oxygen atoms in total. The van der Waals surface area contributed by atoms with Crippen molar-refractivity contribution in [3.63, 3.8) is 0 Å². The van der Waals surface area contributed by atoms with Gasteiger partial charge in [0.2, 0.25) is 0 Å². The summed E-state index contributed by atoms with van der Waals surface area (Å²) in [6.07, 6.45) is 0. The van der Waals surface area contributed by atoms with Crippen molar-refractivity contribution in [2.24, 2.45) is 41.4 Å². The Bertz CT molecular complexity index is 891. The van der Waals surface area contributed by atoms with Crippen LogP contribution in [0.2, 0.25) is 0 Å².